The van der Waals surface area contributed by atoms with E-state index >= 15 is 0 Å². The molecule has 4 nitrogen and oxygen atoms in total. The molecule has 2 fully saturated rings. The van der Waals surface area contributed by atoms with E-state index < -0.39 is 0 Å². The SMILES string of the molecule is O=C1NCC2C1CCCN2CCc1nc(CCl)cs1. The molecule has 2 saturated heterocycles. The number of thiazole rings is 1. The number of halogens is 1. The number of hydrogen-bond acceptors (Lipinski definition) is 4. The summed E-state index contributed by atoms with van der Waals surface area (Å²) >= 11 is 7.45. The summed E-state index contributed by atoms with van der Waals surface area (Å²) in [5, 5.41) is 6.17. The van der Waals surface area contributed by atoms with Gasteiger partial charge >= 0.3 is 0 Å². The highest BCUT2D eigenvalue weighted by atomic mass is 35.5. The van der Waals surface area contributed by atoms with Gasteiger partial charge in [-0.3, -0.25) is 9.69 Å². The largest absolute Gasteiger partial charge is 0.354 e. The highest BCUT2D eigenvalue weighted by Gasteiger charge is 2.40. The van der Waals surface area contributed by atoms with Crippen molar-refractivity contribution in [3.05, 3.63) is 16.1 Å². The van der Waals surface area contributed by atoms with Gasteiger partial charge in [0.15, 0.2) is 0 Å². The average Bonchev–Trinajstić information content (AvgIpc) is 3.04. The van der Waals surface area contributed by atoms with E-state index in [2.05, 4.69) is 15.2 Å². The summed E-state index contributed by atoms with van der Waals surface area (Å²) in [6.45, 7) is 2.91. The zero-order valence-electron chi connectivity index (χ0n) is 10.8. The second-order valence-corrected chi connectivity index (χ2v) is 6.42. The molecule has 1 N–H and O–H groups in total. The zero-order chi connectivity index (χ0) is 13.2. The molecule has 0 aromatic carbocycles. The molecule has 2 aliphatic rings. The van der Waals surface area contributed by atoms with E-state index in [-0.39, 0.29) is 11.8 Å². The van der Waals surface area contributed by atoms with Crippen LogP contribution in [0.5, 0.6) is 0 Å². The molecule has 3 rings (SSSR count). The Bertz CT molecular complexity index is 464. The maximum atomic E-state index is 11.7. The van der Waals surface area contributed by atoms with E-state index in [1.54, 1.807) is 11.3 Å². The molecule has 1 aromatic rings. The lowest BCUT2D eigenvalue weighted by Crippen LogP contribution is -2.46. The van der Waals surface area contributed by atoms with Crippen molar-refractivity contribution in [2.75, 3.05) is 19.6 Å². The summed E-state index contributed by atoms with van der Waals surface area (Å²) in [4.78, 5) is 18.7. The summed E-state index contributed by atoms with van der Waals surface area (Å²) in [6, 6.07) is 0.397. The summed E-state index contributed by atoms with van der Waals surface area (Å²) in [5.74, 6) is 0.945. The molecule has 0 spiro atoms. The van der Waals surface area contributed by atoms with Crippen LogP contribution < -0.4 is 5.32 Å². The summed E-state index contributed by atoms with van der Waals surface area (Å²) in [7, 11) is 0. The molecule has 2 unspecified atom stereocenters. The molecular weight excluding hydrogens is 282 g/mol. The molecule has 2 aliphatic heterocycles. The van der Waals surface area contributed by atoms with Crippen LogP contribution in [-0.4, -0.2) is 41.5 Å². The third kappa shape index (κ3) is 2.78. The van der Waals surface area contributed by atoms with Crippen molar-refractivity contribution in [1.82, 2.24) is 15.2 Å². The van der Waals surface area contributed by atoms with Gasteiger partial charge in [0.2, 0.25) is 5.91 Å². The third-order valence-electron chi connectivity index (χ3n) is 4.07. The van der Waals surface area contributed by atoms with Crippen molar-refractivity contribution in [3.63, 3.8) is 0 Å². The van der Waals surface area contributed by atoms with E-state index in [1.165, 1.54) is 0 Å². The van der Waals surface area contributed by atoms with E-state index in [9.17, 15) is 4.79 Å². The smallest absolute Gasteiger partial charge is 0.224 e. The van der Waals surface area contributed by atoms with Gasteiger partial charge in [0.05, 0.1) is 22.5 Å². The van der Waals surface area contributed by atoms with Gasteiger partial charge < -0.3 is 5.32 Å². The van der Waals surface area contributed by atoms with Crippen LogP contribution in [0.2, 0.25) is 0 Å². The Balaban J connectivity index is 1.58. The Morgan fingerprint density at radius 3 is 3.26 bits per heavy atom. The Morgan fingerprint density at radius 2 is 2.47 bits per heavy atom. The van der Waals surface area contributed by atoms with Crippen LogP contribution in [0.15, 0.2) is 5.38 Å². The number of carbonyl (C=O) groups is 1. The van der Waals surface area contributed by atoms with Crippen LogP contribution >= 0.6 is 22.9 Å². The monoisotopic (exact) mass is 299 g/mol. The highest BCUT2D eigenvalue weighted by molar-refractivity contribution is 7.09. The van der Waals surface area contributed by atoms with E-state index in [4.69, 9.17) is 11.6 Å². The molecule has 0 radical (unpaired) electrons. The predicted octanol–water partition coefficient (Wildman–Crippen LogP) is 1.63. The molecule has 1 aromatic heterocycles. The number of rotatable bonds is 4. The van der Waals surface area contributed by atoms with Crippen molar-refractivity contribution in [2.24, 2.45) is 5.92 Å². The number of amides is 1. The molecule has 6 heteroatoms. The third-order valence-corrected chi connectivity index (χ3v) is 5.30. The lowest BCUT2D eigenvalue weighted by Gasteiger charge is -2.35. The number of carbonyl (C=O) groups excluding carboxylic acids is 1. The predicted molar refractivity (Wildman–Crippen MR) is 76.5 cm³/mol. The standard InChI is InChI=1S/C13H18ClN3OS/c14-6-9-8-19-12(16-9)3-5-17-4-1-2-10-11(17)7-15-13(10)18/h8,10-11H,1-7H2,(H,15,18). The summed E-state index contributed by atoms with van der Waals surface area (Å²) in [6.07, 6.45) is 3.12. The van der Waals surface area contributed by atoms with Crippen molar-refractivity contribution in [1.29, 1.82) is 0 Å². The number of nitrogens with one attached hydrogen (secondary N) is 1. The van der Waals surface area contributed by atoms with E-state index in [1.807, 2.05) is 5.38 Å². The molecule has 2 atom stereocenters. The Hall–Kier alpha value is -0.650. The number of hydrogen-bond donors (Lipinski definition) is 1. The molecule has 3 heterocycles. The first-order valence-corrected chi connectivity index (χ1v) is 8.20. The topological polar surface area (TPSA) is 45.2 Å². The van der Waals surface area contributed by atoms with Gasteiger partial charge in [-0.2, -0.15) is 0 Å². The minimum atomic E-state index is 0.212. The normalized spacial score (nSPS) is 27.3. The first-order chi connectivity index (χ1) is 9.28. The Morgan fingerprint density at radius 1 is 1.58 bits per heavy atom. The van der Waals surface area contributed by atoms with Crippen molar-refractivity contribution < 1.29 is 4.79 Å². The molecule has 1 amide bonds. The van der Waals surface area contributed by atoms with Crippen molar-refractivity contribution in [3.8, 4) is 0 Å². The quantitative estimate of drug-likeness (QED) is 0.860. The fourth-order valence-corrected chi connectivity index (χ4v) is 4.10. The summed E-state index contributed by atoms with van der Waals surface area (Å²) in [5.41, 5.74) is 0.968. The number of alkyl halides is 1. The molecule has 0 bridgehead atoms. The van der Waals surface area contributed by atoms with Crippen LogP contribution in [0.4, 0.5) is 0 Å². The van der Waals surface area contributed by atoms with E-state index in [0.717, 1.165) is 49.6 Å². The fourth-order valence-electron chi connectivity index (χ4n) is 3.08. The van der Waals surface area contributed by atoms with Crippen LogP contribution in [0.1, 0.15) is 23.5 Å². The zero-order valence-corrected chi connectivity index (χ0v) is 12.3. The number of likely N-dealkylation sites (tertiary alicyclic amines) is 1. The first-order valence-electron chi connectivity index (χ1n) is 6.79. The number of fused-ring (bicyclic) bond motifs is 1. The van der Waals surface area contributed by atoms with Gasteiger partial charge in [-0.05, 0) is 19.4 Å². The van der Waals surface area contributed by atoms with Gasteiger partial charge in [-0.25, -0.2) is 4.98 Å². The molecule has 104 valence electrons. The highest BCUT2D eigenvalue weighted by Crippen LogP contribution is 2.27. The molecule has 0 aliphatic carbocycles. The van der Waals surface area contributed by atoms with Gasteiger partial charge in [0, 0.05) is 30.9 Å². The molecule has 19 heavy (non-hydrogen) atoms. The Kier molecular flexibility index (Phi) is 4.05. The lowest BCUT2D eigenvalue weighted by molar-refractivity contribution is -0.124. The van der Waals surface area contributed by atoms with Crippen LogP contribution in [0, 0.1) is 5.92 Å². The second-order valence-electron chi connectivity index (χ2n) is 5.21. The number of piperidine rings is 1. The van der Waals surface area contributed by atoms with E-state index in [0.29, 0.717) is 11.9 Å². The lowest BCUT2D eigenvalue weighted by atomic mass is 9.91. The van der Waals surface area contributed by atoms with Gasteiger partial charge in [-0.15, -0.1) is 22.9 Å². The maximum Gasteiger partial charge on any atom is 0.224 e. The van der Waals surface area contributed by atoms with Crippen LogP contribution in [0.25, 0.3) is 0 Å². The van der Waals surface area contributed by atoms with Crippen molar-refractivity contribution >= 4 is 28.8 Å². The minimum Gasteiger partial charge on any atom is -0.354 e. The summed E-state index contributed by atoms with van der Waals surface area (Å²) < 4.78 is 0. The van der Waals surface area contributed by atoms with Gasteiger partial charge in [0.1, 0.15) is 0 Å². The first kappa shape index (κ1) is 13.3. The second kappa shape index (κ2) is 5.77. The Labute approximate surface area is 122 Å². The van der Waals surface area contributed by atoms with Crippen LogP contribution in [-0.2, 0) is 17.1 Å². The average molecular weight is 300 g/mol. The molecular formula is C13H18ClN3OS. The van der Waals surface area contributed by atoms with Crippen molar-refractivity contribution in [2.45, 2.75) is 31.2 Å². The number of aromatic nitrogens is 1. The minimum absolute atomic E-state index is 0.212. The van der Waals surface area contributed by atoms with Crippen LogP contribution in [0.3, 0.4) is 0 Å². The maximum absolute atomic E-state index is 11.7. The fraction of sp³-hybridized carbons (Fsp3) is 0.692. The number of nitrogens with zero attached hydrogens (tertiary/aromatic N) is 2. The molecule has 0 saturated carbocycles. The van der Waals surface area contributed by atoms with Gasteiger partial charge in [-0.1, -0.05) is 0 Å². The van der Waals surface area contributed by atoms with Gasteiger partial charge in [0.25, 0.3) is 0 Å².